The highest BCUT2D eigenvalue weighted by atomic mass is 16.4. The first-order valence-corrected chi connectivity index (χ1v) is 14.0. The average Bonchev–Trinajstić information content (AvgIpc) is 2.95. The van der Waals surface area contributed by atoms with Crippen LogP contribution in [0.25, 0.3) is 0 Å². The van der Waals surface area contributed by atoms with E-state index < -0.39 is 47.9 Å². The monoisotopic (exact) mass is 606 g/mol. The second kappa shape index (κ2) is 18.8. The lowest BCUT2D eigenvalue weighted by molar-refractivity contribution is -0.142. The van der Waals surface area contributed by atoms with Crippen LogP contribution in [0.1, 0.15) is 51.5 Å². The Morgan fingerprint density at radius 1 is 0.791 bits per heavy atom. The van der Waals surface area contributed by atoms with Crippen LogP contribution in [0.3, 0.4) is 0 Å². The van der Waals surface area contributed by atoms with E-state index in [4.69, 9.17) is 28.7 Å². The van der Waals surface area contributed by atoms with Crippen molar-refractivity contribution in [2.45, 2.75) is 76.5 Å². The Hall–Kier alpha value is -4.60. The molecule has 0 heterocycles. The number of phenolic OH excluding ortho intramolecular Hbond substituents is 1. The molecule has 240 valence electrons. The Labute approximate surface area is 250 Å². The maximum Gasteiger partial charge on any atom is 0.326 e. The summed E-state index contributed by atoms with van der Waals surface area (Å²) in [7, 11) is 0. The smallest absolute Gasteiger partial charge is 0.326 e. The number of aliphatic imine (C=N–C) groups is 2. The number of carboxylic acid groups (broad SMARTS) is 1. The number of carbonyl (C=O) groups is 4. The predicted octanol–water partition coefficient (Wildman–Crippen LogP) is -2.05. The van der Waals surface area contributed by atoms with Crippen molar-refractivity contribution in [3.63, 3.8) is 0 Å². The van der Waals surface area contributed by atoms with Crippen LogP contribution >= 0.6 is 0 Å². The molecule has 3 amide bonds. The van der Waals surface area contributed by atoms with Crippen molar-refractivity contribution < 1.29 is 29.4 Å². The summed E-state index contributed by atoms with van der Waals surface area (Å²) in [6.07, 6.45) is 1.33. The van der Waals surface area contributed by atoms with Crippen molar-refractivity contribution in [3.8, 4) is 5.75 Å². The van der Waals surface area contributed by atoms with Crippen molar-refractivity contribution in [3.05, 3.63) is 29.8 Å². The number of aliphatic carboxylic acids is 1. The standard InChI is InChI=1S/C27H46N10O6/c1-3-15(2)21(28)24(41)35-18(6-4-12-33-26(29)30)22(39)37-20(14-16-8-10-17(38)11-9-16)23(40)36-19(25(42)43)7-5-13-34-27(31)32/h8-11,15,18-21,38H,3-7,12-14,28H2,1-2H3,(H,35,41)(H,36,40)(H,37,39)(H,42,43)(H4,29,30,33)(H4,31,32,34). The van der Waals surface area contributed by atoms with Gasteiger partial charge in [0.2, 0.25) is 17.7 Å². The van der Waals surface area contributed by atoms with Crippen LogP contribution in [0.5, 0.6) is 5.75 Å². The molecule has 0 aliphatic carbocycles. The van der Waals surface area contributed by atoms with Gasteiger partial charge in [-0.25, -0.2) is 4.79 Å². The third kappa shape index (κ3) is 14.2. The zero-order chi connectivity index (χ0) is 32.5. The molecule has 0 aliphatic heterocycles. The molecule has 0 aliphatic rings. The van der Waals surface area contributed by atoms with Crippen molar-refractivity contribution in [2.24, 2.45) is 44.6 Å². The van der Waals surface area contributed by atoms with E-state index in [9.17, 15) is 29.4 Å². The minimum absolute atomic E-state index is 0.00158. The molecule has 15 N–H and O–H groups in total. The van der Waals surface area contributed by atoms with Crippen LogP contribution in [-0.4, -0.2) is 83.1 Å². The van der Waals surface area contributed by atoms with Gasteiger partial charge in [0.25, 0.3) is 0 Å². The number of nitrogens with two attached hydrogens (primary N) is 5. The van der Waals surface area contributed by atoms with Gasteiger partial charge in [0.05, 0.1) is 6.04 Å². The molecular formula is C27H46N10O6. The zero-order valence-electron chi connectivity index (χ0n) is 24.7. The molecule has 1 rings (SSSR count). The molecule has 0 saturated carbocycles. The Morgan fingerprint density at radius 2 is 1.26 bits per heavy atom. The van der Waals surface area contributed by atoms with E-state index >= 15 is 0 Å². The number of hydrogen-bond donors (Lipinski definition) is 10. The summed E-state index contributed by atoms with van der Waals surface area (Å²) in [4.78, 5) is 59.3. The van der Waals surface area contributed by atoms with E-state index in [0.29, 0.717) is 18.4 Å². The molecule has 0 fully saturated rings. The van der Waals surface area contributed by atoms with Crippen molar-refractivity contribution >= 4 is 35.6 Å². The van der Waals surface area contributed by atoms with E-state index in [1.165, 1.54) is 12.1 Å². The lowest BCUT2D eigenvalue weighted by Crippen LogP contribution is -2.58. The summed E-state index contributed by atoms with van der Waals surface area (Å²) >= 11 is 0. The number of nitrogens with zero attached hydrogens (tertiary/aromatic N) is 2. The summed E-state index contributed by atoms with van der Waals surface area (Å²) in [5, 5.41) is 27.1. The molecule has 43 heavy (non-hydrogen) atoms. The van der Waals surface area contributed by atoms with Crippen LogP contribution in [-0.2, 0) is 25.6 Å². The van der Waals surface area contributed by atoms with Crippen molar-refractivity contribution in [2.75, 3.05) is 13.1 Å². The Kier molecular flexibility index (Phi) is 15.9. The lowest BCUT2D eigenvalue weighted by Gasteiger charge is -2.26. The summed E-state index contributed by atoms with van der Waals surface area (Å²) in [5.41, 5.74) is 28.0. The molecule has 16 nitrogen and oxygen atoms in total. The van der Waals surface area contributed by atoms with Crippen LogP contribution < -0.4 is 44.6 Å². The number of aromatic hydroxyl groups is 1. The minimum Gasteiger partial charge on any atom is -0.508 e. The largest absolute Gasteiger partial charge is 0.508 e. The molecule has 0 bridgehead atoms. The quantitative estimate of drug-likeness (QED) is 0.0464. The van der Waals surface area contributed by atoms with Gasteiger partial charge < -0.3 is 54.8 Å². The second-order valence-corrected chi connectivity index (χ2v) is 10.2. The number of guanidine groups is 2. The Balaban J connectivity index is 3.20. The average molecular weight is 607 g/mol. The molecule has 0 radical (unpaired) electrons. The fraction of sp³-hybridized carbons (Fsp3) is 0.556. The number of rotatable bonds is 19. The molecule has 0 saturated heterocycles. The van der Waals surface area contributed by atoms with Crippen LogP contribution in [0, 0.1) is 5.92 Å². The van der Waals surface area contributed by atoms with E-state index in [1.54, 1.807) is 12.1 Å². The first-order chi connectivity index (χ1) is 20.2. The third-order valence-electron chi connectivity index (χ3n) is 6.71. The predicted molar refractivity (Wildman–Crippen MR) is 162 cm³/mol. The molecule has 1 aromatic rings. The fourth-order valence-electron chi connectivity index (χ4n) is 3.94. The van der Waals surface area contributed by atoms with Crippen LogP contribution in [0.2, 0.25) is 0 Å². The SMILES string of the molecule is CCC(C)C(N)C(=O)NC(CCCN=C(N)N)C(=O)NC(Cc1ccc(O)cc1)C(=O)NC(CCCN=C(N)N)C(=O)O. The topological polar surface area (TPSA) is 300 Å². The van der Waals surface area contributed by atoms with Gasteiger partial charge in [-0.1, -0.05) is 32.4 Å². The van der Waals surface area contributed by atoms with Gasteiger partial charge in [0.15, 0.2) is 11.9 Å². The first kappa shape index (κ1) is 36.4. The third-order valence-corrected chi connectivity index (χ3v) is 6.71. The van der Waals surface area contributed by atoms with E-state index in [-0.39, 0.29) is 62.4 Å². The molecule has 0 spiro atoms. The zero-order valence-corrected chi connectivity index (χ0v) is 24.7. The molecule has 0 aromatic heterocycles. The first-order valence-electron chi connectivity index (χ1n) is 14.0. The molecule has 5 unspecified atom stereocenters. The summed E-state index contributed by atoms with van der Waals surface area (Å²) in [5.74, 6) is -3.69. The second-order valence-electron chi connectivity index (χ2n) is 10.2. The molecular weight excluding hydrogens is 560 g/mol. The lowest BCUT2D eigenvalue weighted by atomic mass is 9.98. The maximum absolute atomic E-state index is 13.5. The maximum atomic E-state index is 13.5. The van der Waals surface area contributed by atoms with Gasteiger partial charge in [-0.3, -0.25) is 24.4 Å². The molecule has 1 aromatic carbocycles. The van der Waals surface area contributed by atoms with Gasteiger partial charge in [-0.2, -0.15) is 0 Å². The summed E-state index contributed by atoms with van der Waals surface area (Å²) < 4.78 is 0. The van der Waals surface area contributed by atoms with Crippen molar-refractivity contribution in [1.82, 2.24) is 16.0 Å². The number of benzene rings is 1. The summed E-state index contributed by atoms with van der Waals surface area (Å²) in [6.45, 7) is 4.05. The fourth-order valence-corrected chi connectivity index (χ4v) is 3.94. The molecule has 16 heteroatoms. The van der Waals surface area contributed by atoms with E-state index in [0.717, 1.165) is 0 Å². The summed E-state index contributed by atoms with van der Waals surface area (Å²) in [6, 6.07) is 1.46. The Morgan fingerprint density at radius 3 is 1.74 bits per heavy atom. The number of carboxylic acids is 1. The Bertz CT molecular complexity index is 1120. The highest BCUT2D eigenvalue weighted by Gasteiger charge is 2.31. The van der Waals surface area contributed by atoms with Crippen LogP contribution in [0.4, 0.5) is 0 Å². The van der Waals surface area contributed by atoms with Gasteiger partial charge >= 0.3 is 5.97 Å². The van der Waals surface area contributed by atoms with Gasteiger partial charge in [0, 0.05) is 19.5 Å². The molecule has 5 atom stereocenters. The number of nitrogens with one attached hydrogen (secondary N) is 3. The van der Waals surface area contributed by atoms with Gasteiger partial charge in [-0.05, 0) is 49.3 Å². The van der Waals surface area contributed by atoms with E-state index in [1.807, 2.05) is 13.8 Å². The highest BCUT2D eigenvalue weighted by Crippen LogP contribution is 2.13. The number of phenols is 1. The normalized spacial score (nSPS) is 14.2. The van der Waals surface area contributed by atoms with Crippen molar-refractivity contribution in [1.29, 1.82) is 0 Å². The number of carbonyl (C=O) groups excluding carboxylic acids is 3. The minimum atomic E-state index is -1.29. The number of hydrogen-bond acceptors (Lipinski definition) is 8. The van der Waals surface area contributed by atoms with E-state index in [2.05, 4.69) is 25.9 Å². The highest BCUT2D eigenvalue weighted by molar-refractivity contribution is 5.94. The van der Waals surface area contributed by atoms with Gasteiger partial charge in [0.1, 0.15) is 23.9 Å². The number of amides is 3. The van der Waals surface area contributed by atoms with Crippen LogP contribution in [0.15, 0.2) is 34.3 Å². The van der Waals surface area contributed by atoms with Gasteiger partial charge in [-0.15, -0.1) is 0 Å².